The van der Waals surface area contributed by atoms with Gasteiger partial charge in [0.15, 0.2) is 0 Å². The number of aryl methyl sites for hydroxylation is 1. The van der Waals surface area contributed by atoms with Crippen LogP contribution in [0, 0.1) is 18.7 Å². The van der Waals surface area contributed by atoms with Gasteiger partial charge in [-0.15, -0.1) is 0 Å². The van der Waals surface area contributed by atoms with E-state index in [1.807, 2.05) is 32.9 Å². The molecule has 6 heteroatoms. The molecule has 1 aliphatic rings. The number of hydrogen-bond donors (Lipinski definition) is 1. The van der Waals surface area contributed by atoms with Gasteiger partial charge >= 0.3 is 0 Å². The maximum Gasteiger partial charge on any atom is 0.300 e. The summed E-state index contributed by atoms with van der Waals surface area (Å²) < 4.78 is 20.7. The second-order valence-corrected chi connectivity index (χ2v) is 8.71. The van der Waals surface area contributed by atoms with Gasteiger partial charge in [-0.1, -0.05) is 62.4 Å². The third kappa shape index (κ3) is 4.31. The van der Waals surface area contributed by atoms with E-state index in [-0.39, 0.29) is 16.9 Å². The molecule has 5 nitrogen and oxygen atoms in total. The van der Waals surface area contributed by atoms with Crippen molar-refractivity contribution >= 4 is 23.1 Å². The average molecular weight is 460 g/mol. The highest BCUT2D eigenvalue weighted by Gasteiger charge is 2.48. The maximum atomic E-state index is 15.0. The molecule has 1 atom stereocenters. The number of amides is 1. The smallest absolute Gasteiger partial charge is 0.300 e. The van der Waals surface area contributed by atoms with Crippen LogP contribution in [-0.2, 0) is 9.59 Å². The second-order valence-electron chi connectivity index (χ2n) is 8.71. The Hall–Kier alpha value is -3.93. The SMILES string of the molecule is Cc1ccccc1N1C(=O)C(=O)/C(=C(/O)c2cccc(OCC(C)C)c2)C1c1ccccc1F. The van der Waals surface area contributed by atoms with E-state index in [4.69, 9.17) is 4.74 Å². The van der Waals surface area contributed by atoms with E-state index in [0.717, 1.165) is 5.56 Å². The van der Waals surface area contributed by atoms with Crippen molar-refractivity contribution < 1.29 is 23.8 Å². The Bertz CT molecular complexity index is 1280. The standard InChI is InChI=1S/C28H26FNO4/c1-17(2)16-34-20-11-8-10-19(15-20)26(31)24-25(21-12-5-6-13-22(21)29)30(28(33)27(24)32)23-14-7-4-9-18(23)3/h4-15,17,25,31H,16H2,1-3H3/b26-24+. The zero-order chi connectivity index (χ0) is 24.4. The molecule has 1 saturated heterocycles. The third-order valence-corrected chi connectivity index (χ3v) is 5.71. The largest absolute Gasteiger partial charge is 0.507 e. The number of aliphatic hydroxyl groups excluding tert-OH is 1. The monoisotopic (exact) mass is 459 g/mol. The van der Waals surface area contributed by atoms with Crippen molar-refractivity contribution in [3.05, 3.63) is 101 Å². The Balaban J connectivity index is 1.90. The van der Waals surface area contributed by atoms with Gasteiger partial charge in [-0.25, -0.2) is 4.39 Å². The molecule has 3 aromatic carbocycles. The molecule has 34 heavy (non-hydrogen) atoms. The fourth-order valence-corrected chi connectivity index (χ4v) is 4.06. The van der Waals surface area contributed by atoms with E-state index >= 15 is 0 Å². The average Bonchev–Trinajstić information content (AvgIpc) is 3.08. The third-order valence-electron chi connectivity index (χ3n) is 5.71. The number of aliphatic hydroxyl groups is 1. The summed E-state index contributed by atoms with van der Waals surface area (Å²) >= 11 is 0. The minimum atomic E-state index is -1.12. The number of carbonyl (C=O) groups is 2. The highest BCUT2D eigenvalue weighted by molar-refractivity contribution is 6.51. The van der Waals surface area contributed by atoms with Crippen LogP contribution in [0.3, 0.4) is 0 Å². The van der Waals surface area contributed by atoms with Crippen LogP contribution >= 0.6 is 0 Å². The number of anilines is 1. The number of benzene rings is 3. The summed E-state index contributed by atoms with van der Waals surface area (Å²) in [5.74, 6) is -1.82. The van der Waals surface area contributed by atoms with Gasteiger partial charge in [-0.3, -0.25) is 14.5 Å². The van der Waals surface area contributed by atoms with Crippen LogP contribution in [0.2, 0.25) is 0 Å². The molecule has 0 bridgehead atoms. The molecule has 1 heterocycles. The van der Waals surface area contributed by atoms with Crippen molar-refractivity contribution in [1.82, 2.24) is 0 Å². The minimum Gasteiger partial charge on any atom is -0.507 e. The fraction of sp³-hybridized carbons (Fsp3) is 0.214. The van der Waals surface area contributed by atoms with Crippen LogP contribution in [0.5, 0.6) is 5.75 Å². The first-order valence-electron chi connectivity index (χ1n) is 11.1. The molecule has 1 aliphatic heterocycles. The summed E-state index contributed by atoms with van der Waals surface area (Å²) in [5.41, 5.74) is 1.49. The molecule has 0 aliphatic carbocycles. The van der Waals surface area contributed by atoms with E-state index in [0.29, 0.717) is 29.5 Å². The van der Waals surface area contributed by atoms with Gasteiger partial charge in [0.25, 0.3) is 11.7 Å². The molecule has 0 radical (unpaired) electrons. The topological polar surface area (TPSA) is 66.8 Å². The van der Waals surface area contributed by atoms with Crippen molar-refractivity contribution in [1.29, 1.82) is 0 Å². The Labute approximate surface area is 198 Å². The Morgan fingerprint density at radius 1 is 1.03 bits per heavy atom. The van der Waals surface area contributed by atoms with Crippen molar-refractivity contribution in [2.24, 2.45) is 5.92 Å². The van der Waals surface area contributed by atoms with Crippen molar-refractivity contribution in [3.63, 3.8) is 0 Å². The van der Waals surface area contributed by atoms with Crippen LogP contribution in [-0.4, -0.2) is 23.4 Å². The lowest BCUT2D eigenvalue weighted by atomic mass is 9.94. The second kappa shape index (κ2) is 9.51. The highest BCUT2D eigenvalue weighted by Crippen LogP contribution is 2.43. The van der Waals surface area contributed by atoms with Crippen molar-refractivity contribution in [2.45, 2.75) is 26.8 Å². The molecular weight excluding hydrogens is 433 g/mol. The first kappa shape index (κ1) is 23.2. The highest BCUT2D eigenvalue weighted by atomic mass is 19.1. The predicted octanol–water partition coefficient (Wildman–Crippen LogP) is 5.80. The van der Waals surface area contributed by atoms with Gasteiger partial charge in [0, 0.05) is 16.8 Å². The van der Waals surface area contributed by atoms with Crippen LogP contribution in [0.25, 0.3) is 5.76 Å². The molecule has 1 fully saturated rings. The summed E-state index contributed by atoms with van der Waals surface area (Å²) in [5, 5.41) is 11.3. The summed E-state index contributed by atoms with van der Waals surface area (Å²) in [6.45, 7) is 6.33. The summed E-state index contributed by atoms with van der Waals surface area (Å²) in [6, 6.07) is 18.6. The predicted molar refractivity (Wildman–Crippen MR) is 129 cm³/mol. The Morgan fingerprint density at radius 2 is 1.74 bits per heavy atom. The van der Waals surface area contributed by atoms with Gasteiger partial charge in [0.05, 0.1) is 18.2 Å². The van der Waals surface area contributed by atoms with Gasteiger partial charge in [0.1, 0.15) is 17.3 Å². The molecule has 1 N–H and O–H groups in total. The molecule has 1 unspecified atom stereocenters. The number of Topliss-reactive ketones (excluding diaryl/α,β-unsaturated/α-hetero) is 1. The lowest BCUT2D eigenvalue weighted by Crippen LogP contribution is -2.30. The fourth-order valence-electron chi connectivity index (χ4n) is 4.06. The number of halogens is 1. The number of ether oxygens (including phenoxy) is 1. The molecule has 0 spiro atoms. The molecule has 1 amide bonds. The first-order valence-corrected chi connectivity index (χ1v) is 11.1. The molecule has 4 rings (SSSR count). The van der Waals surface area contributed by atoms with Gasteiger partial charge in [-0.05, 0) is 42.7 Å². The van der Waals surface area contributed by atoms with E-state index in [9.17, 15) is 19.1 Å². The number of hydrogen-bond acceptors (Lipinski definition) is 4. The molecule has 174 valence electrons. The minimum absolute atomic E-state index is 0.124. The number of rotatable bonds is 6. The normalized spacial score (nSPS) is 17.4. The van der Waals surface area contributed by atoms with E-state index < -0.39 is 23.5 Å². The maximum absolute atomic E-state index is 15.0. The molecule has 0 saturated carbocycles. The first-order chi connectivity index (χ1) is 16.3. The van der Waals surface area contributed by atoms with E-state index in [1.165, 1.54) is 23.1 Å². The Kier molecular flexibility index (Phi) is 6.50. The van der Waals surface area contributed by atoms with Crippen LogP contribution in [0.1, 0.15) is 36.6 Å². The van der Waals surface area contributed by atoms with Crippen LogP contribution < -0.4 is 9.64 Å². The van der Waals surface area contributed by atoms with Crippen molar-refractivity contribution in [3.8, 4) is 5.75 Å². The number of nitrogens with zero attached hydrogens (tertiary/aromatic N) is 1. The molecule has 0 aromatic heterocycles. The number of para-hydroxylation sites is 1. The lowest BCUT2D eigenvalue weighted by molar-refractivity contribution is -0.132. The van der Waals surface area contributed by atoms with Crippen molar-refractivity contribution in [2.75, 3.05) is 11.5 Å². The zero-order valence-corrected chi connectivity index (χ0v) is 19.3. The zero-order valence-electron chi connectivity index (χ0n) is 19.3. The number of carbonyl (C=O) groups excluding carboxylic acids is 2. The van der Waals surface area contributed by atoms with Crippen LogP contribution in [0.15, 0.2) is 78.4 Å². The quantitative estimate of drug-likeness (QED) is 0.288. The van der Waals surface area contributed by atoms with E-state index in [2.05, 4.69) is 0 Å². The molecule has 3 aromatic rings. The Morgan fingerprint density at radius 3 is 2.44 bits per heavy atom. The number of ketones is 1. The molecular formula is C28H26FNO4. The van der Waals surface area contributed by atoms with Crippen LogP contribution in [0.4, 0.5) is 10.1 Å². The van der Waals surface area contributed by atoms with Gasteiger partial charge in [0.2, 0.25) is 0 Å². The lowest BCUT2D eigenvalue weighted by Gasteiger charge is -2.27. The summed E-state index contributed by atoms with van der Waals surface area (Å²) in [6.07, 6.45) is 0. The van der Waals surface area contributed by atoms with Gasteiger partial charge < -0.3 is 9.84 Å². The van der Waals surface area contributed by atoms with E-state index in [1.54, 1.807) is 42.5 Å². The van der Waals surface area contributed by atoms with Gasteiger partial charge in [-0.2, -0.15) is 0 Å². The summed E-state index contributed by atoms with van der Waals surface area (Å²) in [4.78, 5) is 27.7. The summed E-state index contributed by atoms with van der Waals surface area (Å²) in [7, 11) is 0.